The van der Waals surface area contributed by atoms with Crippen LogP contribution in [0.25, 0.3) is 0 Å². The summed E-state index contributed by atoms with van der Waals surface area (Å²) >= 11 is 0. The average Bonchev–Trinajstić information content (AvgIpc) is 2.24. The summed E-state index contributed by atoms with van der Waals surface area (Å²) in [5.41, 5.74) is 8.39. The lowest BCUT2D eigenvalue weighted by molar-refractivity contribution is 0.565. The van der Waals surface area contributed by atoms with Crippen molar-refractivity contribution in [3.8, 4) is 0 Å². The Morgan fingerprint density at radius 1 is 1.33 bits per heavy atom. The number of hydrogen-bond acceptors (Lipinski definition) is 2. The third-order valence-electron chi connectivity index (χ3n) is 2.72. The van der Waals surface area contributed by atoms with Gasteiger partial charge in [-0.25, -0.2) is 0 Å². The Bertz CT molecular complexity index is 284. The normalized spacial score (nSPS) is 12.7. The van der Waals surface area contributed by atoms with Crippen LogP contribution in [0, 0.1) is 6.92 Å². The highest BCUT2D eigenvalue weighted by Crippen LogP contribution is 2.17. The van der Waals surface area contributed by atoms with E-state index in [2.05, 4.69) is 18.0 Å². The van der Waals surface area contributed by atoms with Crippen molar-refractivity contribution in [1.29, 1.82) is 0 Å². The molecule has 84 valence electrons. The molecule has 2 heteroatoms. The Kier molecular flexibility index (Phi) is 5.33. The molecule has 0 saturated heterocycles. The van der Waals surface area contributed by atoms with Gasteiger partial charge in [-0.2, -0.15) is 0 Å². The van der Waals surface area contributed by atoms with Crippen LogP contribution in [0.5, 0.6) is 0 Å². The van der Waals surface area contributed by atoms with Crippen molar-refractivity contribution in [2.45, 2.75) is 52.0 Å². The molecule has 0 fully saturated rings. The first-order chi connectivity index (χ1) is 7.24. The lowest BCUT2D eigenvalue weighted by atomic mass is 10.0. The van der Waals surface area contributed by atoms with E-state index in [4.69, 9.17) is 5.73 Å². The molecule has 0 aliphatic rings. The van der Waals surface area contributed by atoms with Gasteiger partial charge in [0, 0.05) is 17.9 Å². The number of aromatic nitrogens is 1. The summed E-state index contributed by atoms with van der Waals surface area (Å²) in [6.45, 7) is 4.24. The van der Waals surface area contributed by atoms with E-state index >= 15 is 0 Å². The summed E-state index contributed by atoms with van der Waals surface area (Å²) in [4.78, 5) is 4.18. The van der Waals surface area contributed by atoms with Crippen molar-refractivity contribution in [1.82, 2.24) is 4.98 Å². The van der Waals surface area contributed by atoms with E-state index in [1.807, 2.05) is 19.2 Å². The summed E-state index contributed by atoms with van der Waals surface area (Å²) in [7, 11) is 0. The minimum Gasteiger partial charge on any atom is -0.324 e. The third kappa shape index (κ3) is 4.43. The zero-order chi connectivity index (χ0) is 11.1. The molecule has 0 bridgehead atoms. The molecule has 1 aromatic heterocycles. The first-order valence-electron chi connectivity index (χ1n) is 5.92. The molecule has 1 atom stereocenters. The van der Waals surface area contributed by atoms with Gasteiger partial charge in [0.2, 0.25) is 0 Å². The van der Waals surface area contributed by atoms with Gasteiger partial charge < -0.3 is 5.73 Å². The Morgan fingerprint density at radius 3 is 2.80 bits per heavy atom. The topological polar surface area (TPSA) is 38.9 Å². The molecule has 1 unspecified atom stereocenters. The molecular formula is C13H22N2. The molecule has 2 nitrogen and oxygen atoms in total. The Morgan fingerprint density at radius 2 is 2.13 bits per heavy atom. The second kappa shape index (κ2) is 6.57. The summed E-state index contributed by atoms with van der Waals surface area (Å²) in [5, 5.41) is 0. The summed E-state index contributed by atoms with van der Waals surface area (Å²) in [6.07, 6.45) is 8.07. The molecule has 1 heterocycles. The molecule has 15 heavy (non-hydrogen) atoms. The molecule has 1 rings (SSSR count). The Labute approximate surface area is 92.9 Å². The van der Waals surface area contributed by atoms with Crippen molar-refractivity contribution < 1.29 is 0 Å². The van der Waals surface area contributed by atoms with Crippen LogP contribution in [0.15, 0.2) is 18.3 Å². The molecule has 0 radical (unpaired) electrons. The largest absolute Gasteiger partial charge is 0.324 e. The van der Waals surface area contributed by atoms with Crippen LogP contribution in [0.3, 0.4) is 0 Å². The fourth-order valence-corrected chi connectivity index (χ4v) is 1.76. The molecule has 0 amide bonds. The van der Waals surface area contributed by atoms with Gasteiger partial charge in [0.1, 0.15) is 0 Å². The van der Waals surface area contributed by atoms with E-state index in [1.54, 1.807) is 0 Å². The zero-order valence-corrected chi connectivity index (χ0v) is 9.87. The maximum Gasteiger partial charge on any atom is 0.0375 e. The van der Waals surface area contributed by atoms with Gasteiger partial charge in [0.15, 0.2) is 0 Å². The Balaban J connectivity index is 2.36. The van der Waals surface area contributed by atoms with Gasteiger partial charge in [0.25, 0.3) is 0 Å². The predicted molar refractivity (Wildman–Crippen MR) is 64.7 cm³/mol. The standard InChI is InChI=1S/C13H22N2/c1-3-4-5-6-7-13(14)12-8-9-15-11(2)10-12/h8-10,13H,3-7,14H2,1-2H3. The minimum atomic E-state index is 0.184. The van der Waals surface area contributed by atoms with Crippen molar-refractivity contribution >= 4 is 0 Å². The number of pyridine rings is 1. The van der Waals surface area contributed by atoms with Gasteiger partial charge in [0.05, 0.1) is 0 Å². The van der Waals surface area contributed by atoms with Crippen molar-refractivity contribution in [3.05, 3.63) is 29.6 Å². The second-order valence-corrected chi connectivity index (χ2v) is 4.19. The van der Waals surface area contributed by atoms with Crippen LogP contribution >= 0.6 is 0 Å². The SMILES string of the molecule is CCCCCCC(N)c1ccnc(C)c1. The lowest BCUT2D eigenvalue weighted by Gasteiger charge is -2.11. The van der Waals surface area contributed by atoms with Crippen LogP contribution in [-0.2, 0) is 0 Å². The monoisotopic (exact) mass is 206 g/mol. The number of hydrogen-bond donors (Lipinski definition) is 1. The predicted octanol–water partition coefficient (Wildman–Crippen LogP) is 3.36. The first kappa shape index (κ1) is 12.2. The molecule has 1 aromatic rings. The quantitative estimate of drug-likeness (QED) is 0.725. The van der Waals surface area contributed by atoms with Crippen LogP contribution in [0.2, 0.25) is 0 Å². The van der Waals surface area contributed by atoms with E-state index in [9.17, 15) is 0 Å². The van der Waals surface area contributed by atoms with E-state index in [-0.39, 0.29) is 6.04 Å². The molecule has 0 aliphatic heterocycles. The fourth-order valence-electron chi connectivity index (χ4n) is 1.76. The van der Waals surface area contributed by atoms with E-state index in [0.717, 1.165) is 12.1 Å². The van der Waals surface area contributed by atoms with Crippen LogP contribution in [0.4, 0.5) is 0 Å². The van der Waals surface area contributed by atoms with Crippen molar-refractivity contribution in [2.75, 3.05) is 0 Å². The number of unbranched alkanes of at least 4 members (excludes halogenated alkanes) is 3. The van der Waals surface area contributed by atoms with Crippen molar-refractivity contribution in [2.24, 2.45) is 5.73 Å². The van der Waals surface area contributed by atoms with E-state index < -0.39 is 0 Å². The minimum absolute atomic E-state index is 0.184. The van der Waals surface area contributed by atoms with Gasteiger partial charge in [-0.3, -0.25) is 4.98 Å². The molecule has 0 aromatic carbocycles. The van der Waals surface area contributed by atoms with Gasteiger partial charge >= 0.3 is 0 Å². The molecule has 0 spiro atoms. The van der Waals surface area contributed by atoms with Crippen LogP contribution < -0.4 is 5.73 Å². The highest BCUT2D eigenvalue weighted by molar-refractivity contribution is 5.18. The number of aryl methyl sites for hydroxylation is 1. The van der Waals surface area contributed by atoms with E-state index in [1.165, 1.54) is 31.2 Å². The number of nitrogens with two attached hydrogens (primary N) is 1. The maximum atomic E-state index is 6.12. The lowest BCUT2D eigenvalue weighted by Crippen LogP contribution is -2.10. The number of nitrogens with zero attached hydrogens (tertiary/aromatic N) is 1. The highest BCUT2D eigenvalue weighted by Gasteiger charge is 2.05. The second-order valence-electron chi connectivity index (χ2n) is 4.19. The van der Waals surface area contributed by atoms with Gasteiger partial charge in [-0.15, -0.1) is 0 Å². The maximum absolute atomic E-state index is 6.12. The number of rotatable bonds is 6. The van der Waals surface area contributed by atoms with Crippen LogP contribution in [-0.4, -0.2) is 4.98 Å². The van der Waals surface area contributed by atoms with Gasteiger partial charge in [-0.05, 0) is 31.0 Å². The molecule has 2 N–H and O–H groups in total. The first-order valence-corrected chi connectivity index (χ1v) is 5.92. The summed E-state index contributed by atoms with van der Waals surface area (Å²) < 4.78 is 0. The molecular weight excluding hydrogens is 184 g/mol. The fraction of sp³-hybridized carbons (Fsp3) is 0.615. The molecule has 0 saturated carbocycles. The zero-order valence-electron chi connectivity index (χ0n) is 9.87. The average molecular weight is 206 g/mol. The third-order valence-corrected chi connectivity index (χ3v) is 2.72. The Hall–Kier alpha value is -0.890. The van der Waals surface area contributed by atoms with Gasteiger partial charge in [-0.1, -0.05) is 32.6 Å². The van der Waals surface area contributed by atoms with Crippen molar-refractivity contribution in [3.63, 3.8) is 0 Å². The van der Waals surface area contributed by atoms with Crippen LogP contribution in [0.1, 0.15) is 56.3 Å². The highest BCUT2D eigenvalue weighted by atomic mass is 14.7. The summed E-state index contributed by atoms with van der Waals surface area (Å²) in [5.74, 6) is 0. The summed E-state index contributed by atoms with van der Waals surface area (Å²) in [6, 6.07) is 4.30. The smallest absolute Gasteiger partial charge is 0.0375 e. The van der Waals surface area contributed by atoms with E-state index in [0.29, 0.717) is 0 Å². The molecule has 0 aliphatic carbocycles.